The third-order valence-electron chi connectivity index (χ3n) is 4.42. The Labute approximate surface area is 125 Å². The molecule has 112 valence electrons. The Bertz CT molecular complexity index is 542. The molecule has 2 fully saturated rings. The van der Waals surface area contributed by atoms with Gasteiger partial charge in [0.15, 0.2) is 5.60 Å². The Balaban J connectivity index is 1.75. The molecule has 1 aromatic rings. The molecule has 0 radical (unpaired) electrons. The lowest BCUT2D eigenvalue weighted by Gasteiger charge is -2.32. The fourth-order valence-corrected chi connectivity index (χ4v) is 3.24. The summed E-state index contributed by atoms with van der Waals surface area (Å²) in [5, 5.41) is 0. The van der Waals surface area contributed by atoms with Crippen molar-refractivity contribution in [1.29, 1.82) is 0 Å². The minimum atomic E-state index is -0.387. The minimum Gasteiger partial charge on any atom is -0.497 e. The molecule has 0 bridgehead atoms. The van der Waals surface area contributed by atoms with E-state index in [2.05, 4.69) is 0 Å². The second kappa shape index (κ2) is 5.88. The van der Waals surface area contributed by atoms with Gasteiger partial charge in [-0.2, -0.15) is 0 Å². The van der Waals surface area contributed by atoms with Gasteiger partial charge in [-0.15, -0.1) is 0 Å². The summed E-state index contributed by atoms with van der Waals surface area (Å²) in [6.07, 6.45) is 5.69. The van der Waals surface area contributed by atoms with E-state index in [1.807, 2.05) is 24.3 Å². The number of aliphatic imine (C=N–C) groups is 1. The number of esters is 1. The van der Waals surface area contributed by atoms with Crippen LogP contribution in [0, 0.1) is 0 Å². The van der Waals surface area contributed by atoms with E-state index in [9.17, 15) is 4.79 Å². The molecule has 0 amide bonds. The van der Waals surface area contributed by atoms with Crippen LogP contribution in [0.2, 0.25) is 0 Å². The van der Waals surface area contributed by atoms with E-state index in [1.54, 1.807) is 7.11 Å². The second-order valence-corrected chi connectivity index (χ2v) is 5.82. The number of carbonyl (C=O) groups excluding carboxylic acids is 1. The summed E-state index contributed by atoms with van der Waals surface area (Å²) in [4.78, 5) is 16.4. The zero-order valence-corrected chi connectivity index (χ0v) is 12.4. The van der Waals surface area contributed by atoms with E-state index >= 15 is 0 Å². The van der Waals surface area contributed by atoms with E-state index in [0.29, 0.717) is 13.0 Å². The number of methoxy groups -OCH3 is 1. The van der Waals surface area contributed by atoms with Crippen LogP contribution in [-0.2, 0) is 16.1 Å². The van der Waals surface area contributed by atoms with Crippen molar-refractivity contribution in [3.63, 3.8) is 0 Å². The molecular weight excluding hydrogens is 266 g/mol. The van der Waals surface area contributed by atoms with Gasteiger partial charge in [-0.25, -0.2) is 0 Å². The summed E-state index contributed by atoms with van der Waals surface area (Å²) < 4.78 is 10.8. The lowest BCUT2D eigenvalue weighted by atomic mass is 9.81. The van der Waals surface area contributed by atoms with Crippen LogP contribution in [-0.4, -0.2) is 24.4 Å². The molecule has 1 aromatic carbocycles. The Morgan fingerprint density at radius 2 is 1.90 bits per heavy atom. The highest BCUT2D eigenvalue weighted by Crippen LogP contribution is 2.38. The smallest absolute Gasteiger partial charge is 0.312 e. The summed E-state index contributed by atoms with van der Waals surface area (Å²) in [6.45, 7) is 0.595. The van der Waals surface area contributed by atoms with E-state index < -0.39 is 0 Å². The monoisotopic (exact) mass is 287 g/mol. The van der Waals surface area contributed by atoms with E-state index in [4.69, 9.17) is 14.5 Å². The van der Waals surface area contributed by atoms with Gasteiger partial charge in [-0.1, -0.05) is 18.6 Å². The third-order valence-corrected chi connectivity index (χ3v) is 4.42. The molecule has 21 heavy (non-hydrogen) atoms. The number of hydrogen-bond acceptors (Lipinski definition) is 4. The van der Waals surface area contributed by atoms with Crippen LogP contribution in [0.4, 0.5) is 0 Å². The third kappa shape index (κ3) is 2.94. The van der Waals surface area contributed by atoms with Gasteiger partial charge in [0.25, 0.3) is 0 Å². The van der Waals surface area contributed by atoms with Gasteiger partial charge >= 0.3 is 5.97 Å². The summed E-state index contributed by atoms with van der Waals surface area (Å²) in [6, 6.07) is 7.88. The van der Waals surface area contributed by atoms with E-state index in [0.717, 1.165) is 42.7 Å². The fraction of sp³-hybridized carbons (Fsp3) is 0.529. The van der Waals surface area contributed by atoms with Crippen molar-refractivity contribution in [2.24, 2.45) is 4.99 Å². The van der Waals surface area contributed by atoms with Gasteiger partial charge in [-0.3, -0.25) is 9.79 Å². The van der Waals surface area contributed by atoms with Gasteiger partial charge in [-0.05, 0) is 43.4 Å². The number of ether oxygens (including phenoxy) is 2. The molecule has 0 aromatic heterocycles. The van der Waals surface area contributed by atoms with E-state index in [-0.39, 0.29) is 11.6 Å². The lowest BCUT2D eigenvalue weighted by Crippen LogP contribution is -2.38. The number of rotatable bonds is 3. The quantitative estimate of drug-likeness (QED) is 0.801. The molecule has 1 saturated carbocycles. The first-order chi connectivity index (χ1) is 10.2. The van der Waals surface area contributed by atoms with Crippen LogP contribution in [0.5, 0.6) is 5.75 Å². The first-order valence-electron chi connectivity index (χ1n) is 7.60. The zero-order chi connectivity index (χ0) is 14.7. The number of benzene rings is 1. The standard InChI is InChI=1S/C17H21NO3/c1-20-14-7-5-13(6-8-14)12-18-15-11-16(19)21-17(15)9-3-2-4-10-17/h5-8H,2-4,9-12H2,1H3. The zero-order valence-electron chi connectivity index (χ0n) is 12.4. The normalized spacial score (nSPS) is 22.5. The summed E-state index contributed by atoms with van der Waals surface area (Å²) in [5.74, 6) is 0.722. The first kappa shape index (κ1) is 14.1. The molecule has 1 aliphatic heterocycles. The first-order valence-corrected chi connectivity index (χ1v) is 7.60. The summed E-state index contributed by atoms with van der Waals surface area (Å²) in [5.41, 5.74) is 1.68. The van der Waals surface area contributed by atoms with Crippen molar-refractivity contribution in [2.45, 2.75) is 50.7 Å². The van der Waals surface area contributed by atoms with Crippen LogP contribution < -0.4 is 4.74 Å². The van der Waals surface area contributed by atoms with E-state index in [1.165, 1.54) is 6.42 Å². The Morgan fingerprint density at radius 3 is 2.57 bits per heavy atom. The Morgan fingerprint density at radius 1 is 1.19 bits per heavy atom. The molecule has 0 atom stereocenters. The van der Waals surface area contributed by atoms with Crippen LogP contribution in [0.3, 0.4) is 0 Å². The molecule has 1 aliphatic carbocycles. The molecule has 0 N–H and O–H groups in total. The maximum absolute atomic E-state index is 11.7. The molecule has 1 spiro atoms. The molecule has 2 aliphatic rings. The van der Waals surface area contributed by atoms with Gasteiger partial charge in [0.1, 0.15) is 5.75 Å². The minimum absolute atomic E-state index is 0.120. The molecule has 4 heteroatoms. The predicted molar refractivity (Wildman–Crippen MR) is 80.7 cm³/mol. The largest absolute Gasteiger partial charge is 0.497 e. The molecule has 3 rings (SSSR count). The highest BCUT2D eigenvalue weighted by Gasteiger charge is 2.46. The summed E-state index contributed by atoms with van der Waals surface area (Å²) >= 11 is 0. The van der Waals surface area contributed by atoms with Crippen LogP contribution in [0.15, 0.2) is 29.3 Å². The average Bonchev–Trinajstić information content (AvgIpc) is 2.81. The van der Waals surface area contributed by atoms with Crippen LogP contribution in [0.25, 0.3) is 0 Å². The predicted octanol–water partition coefficient (Wildman–Crippen LogP) is 3.29. The molecule has 0 unspecified atom stereocenters. The van der Waals surface area contributed by atoms with Crippen molar-refractivity contribution in [1.82, 2.24) is 0 Å². The molecular formula is C17H21NO3. The highest BCUT2D eigenvalue weighted by atomic mass is 16.6. The molecule has 1 saturated heterocycles. The van der Waals surface area contributed by atoms with Gasteiger partial charge in [0, 0.05) is 0 Å². The second-order valence-electron chi connectivity index (χ2n) is 5.82. The van der Waals surface area contributed by atoms with Crippen molar-refractivity contribution in [2.75, 3.05) is 7.11 Å². The van der Waals surface area contributed by atoms with Crippen molar-refractivity contribution in [3.8, 4) is 5.75 Å². The lowest BCUT2D eigenvalue weighted by molar-refractivity contribution is -0.148. The highest BCUT2D eigenvalue weighted by molar-refractivity contribution is 6.09. The number of nitrogens with zero attached hydrogens (tertiary/aromatic N) is 1. The fourth-order valence-electron chi connectivity index (χ4n) is 3.24. The van der Waals surface area contributed by atoms with Crippen LogP contribution in [0.1, 0.15) is 44.1 Å². The van der Waals surface area contributed by atoms with Gasteiger partial charge < -0.3 is 9.47 Å². The Kier molecular flexibility index (Phi) is 3.95. The number of hydrogen-bond donors (Lipinski definition) is 0. The molecule has 1 heterocycles. The maximum Gasteiger partial charge on any atom is 0.312 e. The maximum atomic E-state index is 11.7. The summed E-state index contributed by atoms with van der Waals surface area (Å²) in [7, 11) is 1.66. The van der Waals surface area contributed by atoms with Gasteiger partial charge in [0.2, 0.25) is 0 Å². The van der Waals surface area contributed by atoms with Gasteiger partial charge in [0.05, 0.1) is 25.8 Å². The Hall–Kier alpha value is -1.84. The SMILES string of the molecule is COc1ccc(CN=C2CC(=O)OC23CCCCC3)cc1. The van der Waals surface area contributed by atoms with Crippen molar-refractivity contribution >= 4 is 11.7 Å². The average molecular weight is 287 g/mol. The van der Waals surface area contributed by atoms with Crippen LogP contribution >= 0.6 is 0 Å². The van der Waals surface area contributed by atoms with Crippen molar-refractivity contribution in [3.05, 3.63) is 29.8 Å². The number of carbonyl (C=O) groups is 1. The van der Waals surface area contributed by atoms with Crippen molar-refractivity contribution < 1.29 is 14.3 Å². The molecule has 4 nitrogen and oxygen atoms in total. The topological polar surface area (TPSA) is 47.9 Å².